The fourth-order valence-corrected chi connectivity index (χ4v) is 7.19. The molecule has 6 heteroatoms. The number of hydrogen-bond acceptors (Lipinski definition) is 3. The standard InChI is InChI=1S/C20H22ClNO2S2/c1-25-19-12-17-7-8-18(13-19)22(17)26(23,24)20-9-5-14(6-10-20)15-3-2-4-16(21)11-15/h2-6,9-11,17-19H,7-8,12-13H2,1H3/t17-,18+,19?. The molecule has 0 spiro atoms. The highest BCUT2D eigenvalue weighted by molar-refractivity contribution is 7.99. The van der Waals surface area contributed by atoms with Gasteiger partial charge >= 0.3 is 0 Å². The van der Waals surface area contributed by atoms with Crippen LogP contribution in [0.4, 0.5) is 0 Å². The molecule has 138 valence electrons. The Morgan fingerprint density at radius 2 is 1.65 bits per heavy atom. The van der Waals surface area contributed by atoms with Crippen molar-refractivity contribution in [2.75, 3.05) is 6.26 Å². The molecule has 26 heavy (non-hydrogen) atoms. The van der Waals surface area contributed by atoms with Crippen molar-refractivity contribution in [1.29, 1.82) is 0 Å². The number of fused-ring (bicyclic) bond motifs is 2. The first-order valence-electron chi connectivity index (χ1n) is 8.91. The highest BCUT2D eigenvalue weighted by Crippen LogP contribution is 2.42. The summed E-state index contributed by atoms with van der Waals surface area (Å²) < 4.78 is 28.3. The number of benzene rings is 2. The number of halogens is 1. The molecule has 0 N–H and O–H groups in total. The predicted octanol–water partition coefficient (Wildman–Crippen LogP) is 5.05. The number of piperidine rings is 1. The molecule has 0 aromatic heterocycles. The molecule has 2 heterocycles. The molecule has 3 atom stereocenters. The summed E-state index contributed by atoms with van der Waals surface area (Å²) in [5, 5.41) is 1.26. The van der Waals surface area contributed by atoms with Gasteiger partial charge in [-0.05, 0) is 67.3 Å². The fourth-order valence-electron chi connectivity index (χ4n) is 4.28. The van der Waals surface area contributed by atoms with Crippen LogP contribution >= 0.6 is 23.4 Å². The Balaban J connectivity index is 1.61. The maximum absolute atomic E-state index is 13.2. The minimum Gasteiger partial charge on any atom is -0.207 e. The van der Waals surface area contributed by atoms with E-state index in [4.69, 9.17) is 11.6 Å². The van der Waals surface area contributed by atoms with Crippen LogP contribution in [0.1, 0.15) is 25.7 Å². The van der Waals surface area contributed by atoms with Crippen molar-refractivity contribution in [3.05, 3.63) is 53.6 Å². The van der Waals surface area contributed by atoms with E-state index >= 15 is 0 Å². The molecule has 4 rings (SSSR count). The minimum atomic E-state index is -3.44. The van der Waals surface area contributed by atoms with Crippen LogP contribution in [0.5, 0.6) is 0 Å². The summed E-state index contributed by atoms with van der Waals surface area (Å²) >= 11 is 7.93. The third-order valence-corrected chi connectivity index (χ3v) is 8.85. The van der Waals surface area contributed by atoms with Gasteiger partial charge in [0.25, 0.3) is 0 Å². The molecular formula is C20H22ClNO2S2. The second-order valence-corrected chi connectivity index (χ2v) is 10.5. The molecule has 0 radical (unpaired) electrons. The lowest BCUT2D eigenvalue weighted by atomic mass is 10.1. The number of sulfonamides is 1. The lowest BCUT2D eigenvalue weighted by molar-refractivity contribution is 0.253. The highest BCUT2D eigenvalue weighted by atomic mass is 35.5. The summed E-state index contributed by atoms with van der Waals surface area (Å²) in [6.07, 6.45) is 6.04. The molecule has 0 amide bonds. The Morgan fingerprint density at radius 3 is 2.23 bits per heavy atom. The summed E-state index contributed by atoms with van der Waals surface area (Å²) in [6.45, 7) is 0. The van der Waals surface area contributed by atoms with Gasteiger partial charge in [-0.15, -0.1) is 0 Å². The first-order chi connectivity index (χ1) is 12.5. The van der Waals surface area contributed by atoms with Crippen LogP contribution in [-0.2, 0) is 10.0 Å². The predicted molar refractivity (Wildman–Crippen MR) is 109 cm³/mol. The molecule has 2 aromatic carbocycles. The van der Waals surface area contributed by atoms with Crippen molar-refractivity contribution in [2.45, 2.75) is 47.9 Å². The Bertz CT molecular complexity index is 884. The minimum absolute atomic E-state index is 0.156. The quantitative estimate of drug-likeness (QED) is 0.711. The molecule has 0 saturated carbocycles. The smallest absolute Gasteiger partial charge is 0.207 e. The van der Waals surface area contributed by atoms with Crippen LogP contribution in [0, 0.1) is 0 Å². The van der Waals surface area contributed by atoms with Crippen LogP contribution in [0.3, 0.4) is 0 Å². The molecule has 2 bridgehead atoms. The Hall–Kier alpha value is -1.01. The van der Waals surface area contributed by atoms with Crippen LogP contribution in [0.25, 0.3) is 11.1 Å². The van der Waals surface area contributed by atoms with Crippen molar-refractivity contribution >= 4 is 33.4 Å². The van der Waals surface area contributed by atoms with Crippen molar-refractivity contribution in [1.82, 2.24) is 4.31 Å². The van der Waals surface area contributed by atoms with Crippen molar-refractivity contribution < 1.29 is 8.42 Å². The van der Waals surface area contributed by atoms with Crippen molar-refractivity contribution in [2.24, 2.45) is 0 Å². The number of thioether (sulfide) groups is 1. The summed E-state index contributed by atoms with van der Waals surface area (Å²) in [4.78, 5) is 0.391. The Labute approximate surface area is 164 Å². The largest absolute Gasteiger partial charge is 0.243 e. The zero-order valence-corrected chi connectivity index (χ0v) is 17.0. The molecule has 2 aliphatic rings. The molecule has 3 nitrogen and oxygen atoms in total. The van der Waals surface area contributed by atoms with Crippen LogP contribution in [0.15, 0.2) is 53.4 Å². The maximum atomic E-state index is 13.2. The molecular weight excluding hydrogens is 386 g/mol. The van der Waals surface area contributed by atoms with E-state index in [2.05, 4.69) is 6.26 Å². The fraction of sp³-hybridized carbons (Fsp3) is 0.400. The van der Waals surface area contributed by atoms with E-state index in [0.29, 0.717) is 15.2 Å². The van der Waals surface area contributed by atoms with Crippen molar-refractivity contribution in [3.63, 3.8) is 0 Å². The third kappa shape index (κ3) is 3.31. The Morgan fingerprint density at radius 1 is 1.00 bits per heavy atom. The van der Waals surface area contributed by atoms with Gasteiger partial charge in [-0.3, -0.25) is 0 Å². The highest BCUT2D eigenvalue weighted by Gasteiger charge is 2.46. The van der Waals surface area contributed by atoms with Gasteiger partial charge in [-0.2, -0.15) is 16.1 Å². The van der Waals surface area contributed by atoms with E-state index in [0.717, 1.165) is 36.8 Å². The molecule has 0 aliphatic carbocycles. The monoisotopic (exact) mass is 407 g/mol. The van der Waals surface area contributed by atoms with Gasteiger partial charge < -0.3 is 0 Å². The van der Waals surface area contributed by atoms with E-state index < -0.39 is 10.0 Å². The van der Waals surface area contributed by atoms with Crippen molar-refractivity contribution in [3.8, 4) is 11.1 Å². The SMILES string of the molecule is CSC1C[C@H]2CC[C@@H](C1)N2S(=O)(=O)c1ccc(-c2cccc(Cl)c2)cc1. The number of rotatable bonds is 4. The molecule has 1 unspecified atom stereocenters. The zero-order valence-electron chi connectivity index (χ0n) is 14.6. The van der Waals surface area contributed by atoms with E-state index in [-0.39, 0.29) is 12.1 Å². The molecule has 2 fully saturated rings. The summed E-state index contributed by atoms with van der Waals surface area (Å²) in [7, 11) is -3.44. The van der Waals surface area contributed by atoms with Gasteiger partial charge in [-0.25, -0.2) is 8.42 Å². The summed E-state index contributed by atoms with van der Waals surface area (Å²) in [5.41, 5.74) is 1.96. The van der Waals surface area contributed by atoms with Gasteiger partial charge in [0.05, 0.1) is 4.90 Å². The van der Waals surface area contributed by atoms with E-state index in [1.165, 1.54) is 0 Å². The number of nitrogens with zero attached hydrogens (tertiary/aromatic N) is 1. The Kier molecular flexibility index (Phi) is 5.08. The third-order valence-electron chi connectivity index (χ3n) is 5.54. The van der Waals surface area contributed by atoms with Crippen LogP contribution in [-0.4, -0.2) is 36.3 Å². The first kappa shape index (κ1) is 18.4. The normalized spacial score (nSPS) is 26.2. The second-order valence-electron chi connectivity index (χ2n) is 7.08. The first-order valence-corrected chi connectivity index (χ1v) is 12.0. The maximum Gasteiger partial charge on any atom is 0.243 e. The van der Waals surface area contributed by atoms with Gasteiger partial charge in [-0.1, -0.05) is 35.9 Å². The van der Waals surface area contributed by atoms with Crippen LogP contribution < -0.4 is 0 Å². The average molecular weight is 408 g/mol. The topological polar surface area (TPSA) is 37.4 Å². The average Bonchev–Trinajstić information content (AvgIpc) is 2.93. The summed E-state index contributed by atoms with van der Waals surface area (Å²) in [6, 6.07) is 15.1. The van der Waals surface area contributed by atoms with Gasteiger partial charge in [0.2, 0.25) is 10.0 Å². The van der Waals surface area contributed by atoms with Gasteiger partial charge in [0, 0.05) is 22.4 Å². The van der Waals surface area contributed by atoms with E-state index in [1.54, 1.807) is 16.4 Å². The molecule has 2 aliphatic heterocycles. The molecule has 2 aromatic rings. The van der Waals surface area contributed by atoms with Gasteiger partial charge in [0.15, 0.2) is 0 Å². The lowest BCUT2D eigenvalue weighted by Crippen LogP contribution is -2.47. The zero-order chi connectivity index (χ0) is 18.3. The summed E-state index contributed by atoms with van der Waals surface area (Å²) in [5.74, 6) is 0. The van der Waals surface area contributed by atoms with Gasteiger partial charge in [0.1, 0.15) is 0 Å². The second kappa shape index (κ2) is 7.19. The van der Waals surface area contributed by atoms with E-state index in [9.17, 15) is 8.42 Å². The number of hydrogen-bond donors (Lipinski definition) is 0. The lowest BCUT2D eigenvalue weighted by Gasteiger charge is -2.37. The van der Waals surface area contributed by atoms with E-state index in [1.807, 2.05) is 48.2 Å². The molecule has 2 saturated heterocycles. The van der Waals surface area contributed by atoms with Crippen LogP contribution in [0.2, 0.25) is 5.02 Å².